The van der Waals surface area contributed by atoms with Gasteiger partial charge in [-0.05, 0) is 50.4 Å². The number of pyridine rings is 1. The maximum absolute atomic E-state index is 15.2. The Morgan fingerprint density at radius 1 is 1.27 bits per heavy atom. The fourth-order valence-corrected chi connectivity index (χ4v) is 4.54. The highest BCUT2D eigenvalue weighted by Crippen LogP contribution is 2.33. The number of rotatable bonds is 8. The van der Waals surface area contributed by atoms with E-state index in [1.807, 2.05) is 0 Å². The van der Waals surface area contributed by atoms with Crippen LogP contribution in [-0.2, 0) is 13.0 Å². The Morgan fingerprint density at radius 3 is 2.73 bits per heavy atom. The predicted molar refractivity (Wildman–Crippen MR) is 122 cm³/mol. The van der Waals surface area contributed by atoms with Gasteiger partial charge in [-0.2, -0.15) is 4.39 Å². The molecule has 0 atom stereocenters. The van der Waals surface area contributed by atoms with Crippen LogP contribution in [0.1, 0.15) is 47.8 Å². The second-order valence-corrected chi connectivity index (χ2v) is 9.10. The number of aryl methyl sites for hydroxylation is 1. The summed E-state index contributed by atoms with van der Waals surface area (Å²) in [5, 5.41) is 16.6. The Bertz CT molecular complexity index is 1130. The van der Waals surface area contributed by atoms with Crippen molar-refractivity contribution in [2.75, 3.05) is 31.5 Å². The third-order valence-electron chi connectivity index (χ3n) is 6.33. The minimum atomic E-state index is -1.11. The predicted octanol–water partition coefficient (Wildman–Crippen LogP) is 2.70. The molecule has 0 unspecified atom stereocenters. The second-order valence-electron chi connectivity index (χ2n) is 9.10. The molecule has 1 amide bonds. The van der Waals surface area contributed by atoms with Crippen molar-refractivity contribution in [3.63, 3.8) is 0 Å². The Hall–Kier alpha value is -2.78. The van der Waals surface area contributed by atoms with Gasteiger partial charge in [-0.3, -0.25) is 9.59 Å². The van der Waals surface area contributed by atoms with Gasteiger partial charge in [-0.15, -0.1) is 0 Å². The standard InChI is InChI=1S/C24H30F2N4O3/c1-3-4-9-27-12-24(33)13-29(14-24)22(31)19-18-6-5-10-30(18)23(32)20(26)21(19)28-17-8-7-15(2)11-16(17)25/h7-8,11,27-28,33H,3-6,9-10,12-14H2,1-2H3. The number of halogens is 2. The van der Waals surface area contributed by atoms with Gasteiger partial charge in [-0.1, -0.05) is 19.4 Å². The zero-order valence-corrected chi connectivity index (χ0v) is 19.0. The van der Waals surface area contributed by atoms with Crippen LogP contribution < -0.4 is 16.2 Å². The Kier molecular flexibility index (Phi) is 6.54. The van der Waals surface area contributed by atoms with E-state index in [0.29, 0.717) is 37.2 Å². The van der Waals surface area contributed by atoms with E-state index >= 15 is 4.39 Å². The highest BCUT2D eigenvalue weighted by Gasteiger charge is 2.45. The number of hydrogen-bond acceptors (Lipinski definition) is 5. The van der Waals surface area contributed by atoms with Crippen molar-refractivity contribution in [1.82, 2.24) is 14.8 Å². The Labute approximate surface area is 191 Å². The first-order chi connectivity index (χ1) is 15.7. The number of fused-ring (bicyclic) bond motifs is 1. The number of anilines is 2. The van der Waals surface area contributed by atoms with Crippen LogP contribution in [0.5, 0.6) is 0 Å². The van der Waals surface area contributed by atoms with Crippen molar-refractivity contribution in [3.8, 4) is 0 Å². The molecule has 0 bridgehead atoms. The summed E-state index contributed by atoms with van der Waals surface area (Å²) in [6.07, 6.45) is 3.09. The number of hydrogen-bond donors (Lipinski definition) is 3. The van der Waals surface area contributed by atoms with E-state index in [2.05, 4.69) is 17.6 Å². The van der Waals surface area contributed by atoms with Gasteiger partial charge in [0, 0.05) is 18.8 Å². The molecule has 3 heterocycles. The van der Waals surface area contributed by atoms with Gasteiger partial charge in [-0.25, -0.2) is 4.39 Å². The first kappa shape index (κ1) is 23.4. The number of amides is 1. The molecule has 1 saturated heterocycles. The minimum Gasteiger partial charge on any atom is -0.385 e. The highest BCUT2D eigenvalue weighted by atomic mass is 19.1. The largest absolute Gasteiger partial charge is 0.385 e. The van der Waals surface area contributed by atoms with Crippen LogP contribution in [0, 0.1) is 18.6 Å². The second kappa shape index (κ2) is 9.23. The average molecular weight is 461 g/mol. The molecule has 1 aromatic heterocycles. The van der Waals surface area contributed by atoms with Crippen LogP contribution in [0.15, 0.2) is 23.0 Å². The average Bonchev–Trinajstić information content (AvgIpc) is 3.24. The fourth-order valence-electron chi connectivity index (χ4n) is 4.54. The van der Waals surface area contributed by atoms with Gasteiger partial charge < -0.3 is 25.2 Å². The molecular weight excluding hydrogens is 430 g/mol. The molecule has 2 aliphatic rings. The molecule has 0 spiro atoms. The summed E-state index contributed by atoms with van der Waals surface area (Å²) < 4.78 is 31.0. The van der Waals surface area contributed by atoms with E-state index in [-0.39, 0.29) is 30.0 Å². The zero-order chi connectivity index (χ0) is 23.8. The topological polar surface area (TPSA) is 86.6 Å². The lowest BCUT2D eigenvalue weighted by Crippen LogP contribution is -2.67. The number of nitrogens with zero attached hydrogens (tertiary/aromatic N) is 2. The molecule has 2 aliphatic heterocycles. The number of carbonyl (C=O) groups excluding carboxylic acids is 1. The van der Waals surface area contributed by atoms with Crippen LogP contribution in [-0.4, -0.2) is 52.3 Å². The molecule has 1 fully saturated rings. The smallest absolute Gasteiger partial charge is 0.289 e. The van der Waals surface area contributed by atoms with E-state index in [0.717, 1.165) is 19.4 Å². The lowest BCUT2D eigenvalue weighted by atomic mass is 9.92. The van der Waals surface area contributed by atoms with Crippen LogP contribution in [0.25, 0.3) is 0 Å². The van der Waals surface area contributed by atoms with E-state index < -0.39 is 28.7 Å². The summed E-state index contributed by atoms with van der Waals surface area (Å²) in [5.41, 5.74) is -1.03. The van der Waals surface area contributed by atoms with E-state index in [9.17, 15) is 19.1 Å². The number of nitrogens with one attached hydrogen (secondary N) is 2. The molecule has 0 radical (unpaired) electrons. The monoisotopic (exact) mass is 460 g/mol. The number of unbranched alkanes of at least 4 members (excludes halogenated alkanes) is 1. The van der Waals surface area contributed by atoms with Crippen molar-refractivity contribution >= 4 is 17.3 Å². The molecule has 7 nitrogen and oxygen atoms in total. The van der Waals surface area contributed by atoms with Gasteiger partial charge >= 0.3 is 0 Å². The van der Waals surface area contributed by atoms with Gasteiger partial charge in [0.1, 0.15) is 11.4 Å². The zero-order valence-electron chi connectivity index (χ0n) is 19.0. The van der Waals surface area contributed by atoms with Gasteiger partial charge in [0.05, 0.1) is 30.0 Å². The maximum atomic E-state index is 15.2. The van der Waals surface area contributed by atoms with Crippen molar-refractivity contribution in [2.45, 2.75) is 51.7 Å². The fraction of sp³-hybridized carbons (Fsp3) is 0.500. The summed E-state index contributed by atoms with van der Waals surface area (Å²) in [6.45, 7) is 5.48. The van der Waals surface area contributed by atoms with Crippen molar-refractivity contribution in [3.05, 3.63) is 57.0 Å². The molecular formula is C24H30F2N4O3. The van der Waals surface area contributed by atoms with E-state index in [1.165, 1.54) is 21.6 Å². The highest BCUT2D eigenvalue weighted by molar-refractivity contribution is 6.02. The summed E-state index contributed by atoms with van der Waals surface area (Å²) in [5.74, 6) is -2.20. The quantitative estimate of drug-likeness (QED) is 0.528. The number of β-amino-alcohol motifs (C(OH)–C–C–N with tert-alkyl or cyclic N) is 1. The van der Waals surface area contributed by atoms with Crippen molar-refractivity contribution in [1.29, 1.82) is 0 Å². The molecule has 1 aromatic carbocycles. The normalized spacial score (nSPS) is 16.5. The molecule has 9 heteroatoms. The summed E-state index contributed by atoms with van der Waals surface area (Å²) in [7, 11) is 0. The van der Waals surface area contributed by atoms with Crippen LogP contribution in [0.3, 0.4) is 0 Å². The number of aliphatic hydroxyl groups is 1. The third kappa shape index (κ3) is 4.52. The minimum absolute atomic E-state index is 0.0175. The van der Waals surface area contributed by atoms with Crippen molar-refractivity contribution in [2.24, 2.45) is 0 Å². The van der Waals surface area contributed by atoms with E-state index in [4.69, 9.17) is 0 Å². The van der Waals surface area contributed by atoms with Crippen LogP contribution >= 0.6 is 0 Å². The Balaban J connectivity index is 1.64. The van der Waals surface area contributed by atoms with Gasteiger partial charge in [0.15, 0.2) is 0 Å². The van der Waals surface area contributed by atoms with Crippen LogP contribution in [0.4, 0.5) is 20.2 Å². The summed E-state index contributed by atoms with van der Waals surface area (Å²) >= 11 is 0. The molecule has 2 aromatic rings. The SMILES string of the molecule is CCCCNCC1(O)CN(C(=O)c2c(Nc3ccc(C)cc3F)c(F)c(=O)n3c2CCC3)C1. The lowest BCUT2D eigenvalue weighted by molar-refractivity contribution is -0.0784. The first-order valence-corrected chi connectivity index (χ1v) is 11.4. The molecule has 4 rings (SSSR count). The number of likely N-dealkylation sites (tertiary alicyclic amines) is 1. The van der Waals surface area contributed by atoms with Gasteiger partial charge in [0.25, 0.3) is 11.5 Å². The lowest BCUT2D eigenvalue weighted by Gasteiger charge is -2.46. The third-order valence-corrected chi connectivity index (χ3v) is 6.33. The Morgan fingerprint density at radius 2 is 2.03 bits per heavy atom. The summed E-state index contributed by atoms with van der Waals surface area (Å²) in [6, 6.07) is 4.41. The molecule has 3 N–H and O–H groups in total. The summed E-state index contributed by atoms with van der Waals surface area (Å²) in [4.78, 5) is 27.5. The molecule has 178 valence electrons. The van der Waals surface area contributed by atoms with Crippen LogP contribution in [0.2, 0.25) is 0 Å². The number of benzene rings is 1. The van der Waals surface area contributed by atoms with Gasteiger partial charge in [0.2, 0.25) is 5.82 Å². The maximum Gasteiger partial charge on any atom is 0.289 e. The molecule has 0 aliphatic carbocycles. The number of aromatic nitrogens is 1. The molecule has 0 saturated carbocycles. The van der Waals surface area contributed by atoms with Crippen molar-refractivity contribution < 1.29 is 18.7 Å². The number of carbonyl (C=O) groups is 1. The molecule has 33 heavy (non-hydrogen) atoms. The van der Waals surface area contributed by atoms with E-state index in [1.54, 1.807) is 13.0 Å². The first-order valence-electron chi connectivity index (χ1n) is 11.4.